The van der Waals surface area contributed by atoms with Gasteiger partial charge in [0.05, 0.1) is 0 Å². The van der Waals surface area contributed by atoms with E-state index in [2.05, 4.69) is 0 Å². The smallest absolute Gasteiger partial charge is 0.226 e. The van der Waals surface area contributed by atoms with E-state index >= 15 is 0 Å². The van der Waals surface area contributed by atoms with Gasteiger partial charge < -0.3 is 0 Å². The predicted molar refractivity (Wildman–Crippen MR) is 58.5 cm³/mol. The molecular formula is C9H8F11I. The third-order valence-corrected chi connectivity index (χ3v) is 4.02. The van der Waals surface area contributed by atoms with Gasteiger partial charge in [-0.15, -0.1) is 0 Å². The molecule has 0 amide bonds. The molecular weight excluding hydrogens is 444 g/mol. The van der Waals surface area contributed by atoms with E-state index in [0.29, 0.717) is 0 Å². The number of alkyl halides is 12. The van der Waals surface area contributed by atoms with Gasteiger partial charge in [-0.05, 0) is 0 Å². The van der Waals surface area contributed by atoms with Gasteiger partial charge in [0.15, 0.2) is 0 Å². The summed E-state index contributed by atoms with van der Waals surface area (Å²) in [7, 11) is 0. The highest BCUT2D eigenvalue weighted by molar-refractivity contribution is 14.1. The number of halogens is 12. The molecule has 0 N–H and O–H groups in total. The molecule has 0 heterocycles. The van der Waals surface area contributed by atoms with Crippen LogP contribution in [0.15, 0.2) is 0 Å². The molecule has 3 atom stereocenters. The first-order chi connectivity index (χ1) is 8.85. The first-order valence-electron chi connectivity index (χ1n) is 5.07. The Morgan fingerprint density at radius 1 is 0.619 bits per heavy atom. The van der Waals surface area contributed by atoms with Crippen LogP contribution < -0.4 is 0 Å². The summed E-state index contributed by atoms with van der Waals surface area (Å²) in [6, 6.07) is 0. The van der Waals surface area contributed by atoms with E-state index in [4.69, 9.17) is 0 Å². The highest BCUT2D eigenvalue weighted by Gasteiger charge is 2.87. The summed E-state index contributed by atoms with van der Waals surface area (Å²) in [5.41, 5.74) is -6.06. The lowest BCUT2D eigenvalue weighted by Crippen LogP contribution is -2.70. The first-order valence-corrected chi connectivity index (χ1v) is 6.32. The van der Waals surface area contributed by atoms with Crippen molar-refractivity contribution < 1.29 is 48.3 Å². The van der Waals surface area contributed by atoms with Crippen LogP contribution in [-0.2, 0) is 0 Å². The Kier molecular flexibility index (Phi) is 5.54. The summed E-state index contributed by atoms with van der Waals surface area (Å²) in [4.78, 5) is 0. The van der Waals surface area contributed by atoms with E-state index in [0.717, 1.165) is 29.5 Å². The molecule has 0 bridgehead atoms. The molecule has 0 fully saturated rings. The monoisotopic (exact) mass is 452 g/mol. The maximum Gasteiger partial charge on any atom is 0.460 e. The largest absolute Gasteiger partial charge is 0.460 e. The van der Waals surface area contributed by atoms with Gasteiger partial charge in [0.1, 0.15) is 0 Å². The van der Waals surface area contributed by atoms with Crippen molar-refractivity contribution in [2.75, 3.05) is 0 Å². The van der Waals surface area contributed by atoms with E-state index < -0.39 is 39.7 Å². The first kappa shape index (κ1) is 21.0. The van der Waals surface area contributed by atoms with Crippen molar-refractivity contribution in [2.45, 2.75) is 47.6 Å². The van der Waals surface area contributed by atoms with Crippen LogP contribution in [0.1, 0.15) is 13.8 Å². The second-order valence-electron chi connectivity index (χ2n) is 4.32. The van der Waals surface area contributed by atoms with Gasteiger partial charge in [-0.2, -0.15) is 43.9 Å². The zero-order chi connectivity index (χ0) is 17.7. The van der Waals surface area contributed by atoms with Gasteiger partial charge >= 0.3 is 24.2 Å². The molecule has 3 unspecified atom stereocenters. The van der Waals surface area contributed by atoms with Crippen LogP contribution in [0.4, 0.5) is 48.3 Å². The summed E-state index contributed by atoms with van der Waals surface area (Å²) < 4.78 is 138. The molecule has 0 radical (unpaired) electrons. The molecule has 0 rings (SSSR count). The highest BCUT2D eigenvalue weighted by atomic mass is 127. The molecule has 128 valence electrons. The highest BCUT2D eigenvalue weighted by Crippen LogP contribution is 2.60. The molecule has 0 nitrogen and oxygen atoms in total. The number of rotatable bonds is 4. The van der Waals surface area contributed by atoms with E-state index in [1.54, 1.807) is 0 Å². The molecule has 0 aromatic rings. The van der Waals surface area contributed by atoms with Crippen LogP contribution >= 0.6 is 22.6 Å². The Labute approximate surface area is 125 Å². The summed E-state index contributed by atoms with van der Waals surface area (Å²) >= 11 is 1.02. The molecule has 0 aliphatic heterocycles. The van der Waals surface area contributed by atoms with Crippen molar-refractivity contribution in [3.05, 3.63) is 0 Å². The second-order valence-corrected chi connectivity index (χ2v) is 6.29. The molecule has 0 saturated heterocycles. The van der Waals surface area contributed by atoms with Crippen molar-refractivity contribution in [2.24, 2.45) is 5.92 Å². The molecule has 0 aliphatic rings. The molecule has 12 heteroatoms. The average molecular weight is 452 g/mol. The number of hydrogen-bond donors (Lipinski definition) is 0. The Balaban J connectivity index is 6.33. The van der Waals surface area contributed by atoms with E-state index in [1.807, 2.05) is 0 Å². The molecule has 0 spiro atoms. The van der Waals surface area contributed by atoms with Gasteiger partial charge in [-0.3, -0.25) is 0 Å². The van der Waals surface area contributed by atoms with E-state index in [9.17, 15) is 48.3 Å². The quantitative estimate of drug-likeness (QED) is 0.298. The fourth-order valence-corrected chi connectivity index (χ4v) is 1.94. The standard InChI is InChI=1S/C9H8F11I/c1-3(4(2)21)5(10,8(15,16)17)6(11,12)7(13,14)9(18,19)20/h3-4H,1-2H3. The Morgan fingerprint density at radius 2 is 0.952 bits per heavy atom. The van der Waals surface area contributed by atoms with Gasteiger partial charge in [-0.25, -0.2) is 4.39 Å². The summed E-state index contributed by atoms with van der Waals surface area (Å²) in [5, 5.41) is 0. The van der Waals surface area contributed by atoms with Gasteiger partial charge in [-0.1, -0.05) is 36.4 Å². The van der Waals surface area contributed by atoms with Crippen LogP contribution in [0, 0.1) is 5.92 Å². The number of hydrogen-bond acceptors (Lipinski definition) is 0. The van der Waals surface area contributed by atoms with E-state index in [1.165, 1.54) is 0 Å². The van der Waals surface area contributed by atoms with Crippen LogP contribution in [-0.4, -0.2) is 33.8 Å². The summed E-state index contributed by atoms with van der Waals surface area (Å²) in [5.74, 6) is -17.1. The average Bonchev–Trinajstić information content (AvgIpc) is 2.22. The van der Waals surface area contributed by atoms with Crippen molar-refractivity contribution in [1.29, 1.82) is 0 Å². The van der Waals surface area contributed by atoms with Crippen LogP contribution in [0.25, 0.3) is 0 Å². The van der Waals surface area contributed by atoms with Gasteiger partial charge in [0.25, 0.3) is 5.67 Å². The Bertz CT molecular complexity index is 369. The Morgan fingerprint density at radius 3 is 1.14 bits per heavy atom. The summed E-state index contributed by atoms with van der Waals surface area (Å²) in [6.07, 6.45) is -13.7. The third-order valence-electron chi connectivity index (χ3n) is 2.94. The topological polar surface area (TPSA) is 0 Å². The zero-order valence-corrected chi connectivity index (χ0v) is 12.3. The van der Waals surface area contributed by atoms with Crippen molar-refractivity contribution in [3.8, 4) is 0 Å². The van der Waals surface area contributed by atoms with Crippen molar-refractivity contribution >= 4 is 22.6 Å². The summed E-state index contributed by atoms with van der Waals surface area (Å²) in [6.45, 7) is 0.956. The maximum atomic E-state index is 13.9. The third kappa shape index (κ3) is 3.05. The van der Waals surface area contributed by atoms with Gasteiger partial charge in [0, 0.05) is 9.84 Å². The SMILES string of the molecule is CC(I)C(C)C(F)(C(F)(F)F)C(F)(F)C(F)(F)C(F)(F)F. The maximum absolute atomic E-state index is 13.9. The minimum Gasteiger partial charge on any atom is -0.226 e. The van der Waals surface area contributed by atoms with Gasteiger partial charge in [0.2, 0.25) is 0 Å². The minimum atomic E-state index is -7.19. The predicted octanol–water partition coefficient (Wildman–Crippen LogP) is 5.55. The fourth-order valence-electron chi connectivity index (χ4n) is 1.45. The van der Waals surface area contributed by atoms with Crippen molar-refractivity contribution in [1.82, 2.24) is 0 Å². The van der Waals surface area contributed by atoms with Crippen LogP contribution in [0.2, 0.25) is 0 Å². The lowest BCUT2D eigenvalue weighted by atomic mass is 9.79. The molecule has 21 heavy (non-hydrogen) atoms. The zero-order valence-electron chi connectivity index (χ0n) is 10.2. The lowest BCUT2D eigenvalue weighted by Gasteiger charge is -2.43. The van der Waals surface area contributed by atoms with Crippen LogP contribution in [0.5, 0.6) is 0 Å². The lowest BCUT2D eigenvalue weighted by molar-refractivity contribution is -0.418. The molecule has 0 aliphatic carbocycles. The van der Waals surface area contributed by atoms with Crippen LogP contribution in [0.3, 0.4) is 0 Å². The molecule has 0 aromatic carbocycles. The van der Waals surface area contributed by atoms with E-state index in [-0.39, 0.29) is 6.92 Å². The minimum absolute atomic E-state index is 0.185. The molecule has 0 saturated carbocycles. The fraction of sp³-hybridized carbons (Fsp3) is 1.00. The molecule has 0 aromatic heterocycles. The van der Waals surface area contributed by atoms with Crippen molar-refractivity contribution in [3.63, 3.8) is 0 Å². The Hall–Kier alpha value is -0.0400. The normalized spacial score (nSPS) is 20.9. The second kappa shape index (κ2) is 5.55.